The van der Waals surface area contributed by atoms with Crippen LogP contribution in [-0.4, -0.2) is 54.9 Å². The number of nitrogens with zero attached hydrogens (tertiary/aromatic N) is 6. The molecule has 0 saturated carbocycles. The van der Waals surface area contributed by atoms with Crippen molar-refractivity contribution in [2.45, 2.75) is 44.9 Å². The summed E-state index contributed by atoms with van der Waals surface area (Å²) in [6, 6.07) is 6.29. The second-order valence-electron chi connectivity index (χ2n) is 9.61. The number of hydrogen-bond donors (Lipinski definition) is 0. The van der Waals surface area contributed by atoms with Gasteiger partial charge in [-0.1, -0.05) is 6.07 Å². The van der Waals surface area contributed by atoms with E-state index in [9.17, 15) is 4.79 Å². The van der Waals surface area contributed by atoms with Crippen molar-refractivity contribution in [1.82, 2.24) is 29.3 Å². The summed E-state index contributed by atoms with van der Waals surface area (Å²) in [5.41, 5.74) is 4.61. The van der Waals surface area contributed by atoms with Crippen LogP contribution in [0.2, 0.25) is 0 Å². The Labute approximate surface area is 214 Å². The van der Waals surface area contributed by atoms with E-state index in [4.69, 9.17) is 19.3 Å². The molecule has 192 valence electrons. The SMILES string of the molecule is C[C@H]1CCOc2c(c(C=O)nn2C)/C=C/c2nn(C3CCCCO3)c3ccc(cc23)-c2cnn(C)c2O1. The highest BCUT2D eigenvalue weighted by Gasteiger charge is 2.23. The van der Waals surface area contributed by atoms with Crippen LogP contribution in [-0.2, 0) is 18.8 Å². The largest absolute Gasteiger partial charge is 0.477 e. The van der Waals surface area contributed by atoms with Crippen molar-refractivity contribution < 1.29 is 19.0 Å². The van der Waals surface area contributed by atoms with Crippen molar-refractivity contribution >= 4 is 29.3 Å². The third-order valence-corrected chi connectivity index (χ3v) is 7.01. The predicted molar refractivity (Wildman–Crippen MR) is 139 cm³/mol. The van der Waals surface area contributed by atoms with E-state index in [0.717, 1.165) is 59.9 Å². The van der Waals surface area contributed by atoms with Gasteiger partial charge in [-0.3, -0.25) is 4.79 Å². The van der Waals surface area contributed by atoms with Crippen molar-refractivity contribution in [3.8, 4) is 22.9 Å². The van der Waals surface area contributed by atoms with Gasteiger partial charge in [-0.15, -0.1) is 0 Å². The van der Waals surface area contributed by atoms with E-state index < -0.39 is 0 Å². The van der Waals surface area contributed by atoms with Crippen LogP contribution in [0.25, 0.3) is 34.2 Å². The Morgan fingerprint density at radius 1 is 1.03 bits per heavy atom. The maximum Gasteiger partial charge on any atom is 0.219 e. The van der Waals surface area contributed by atoms with E-state index in [1.165, 1.54) is 0 Å². The fourth-order valence-corrected chi connectivity index (χ4v) is 5.05. The standard InChI is InChI=1S/C27H30N6O4/c1-17-11-13-36-26-19(23(16-34)29-32(26)3)8-9-22-20-14-18(21-15-28-31(2)27(21)37-17)7-10-24(20)33(30-22)25-6-4-5-12-35-25/h7-10,14-17,25H,4-6,11-13H2,1-3H3/b9-8+/t17-,25?/m0/s1. The van der Waals surface area contributed by atoms with Crippen LogP contribution in [0.3, 0.4) is 0 Å². The van der Waals surface area contributed by atoms with Gasteiger partial charge >= 0.3 is 0 Å². The number of aldehydes is 1. The quantitative estimate of drug-likeness (QED) is 0.375. The predicted octanol–water partition coefficient (Wildman–Crippen LogP) is 4.40. The monoisotopic (exact) mass is 502 g/mol. The van der Waals surface area contributed by atoms with Gasteiger partial charge in [-0.2, -0.15) is 15.3 Å². The van der Waals surface area contributed by atoms with Crippen LogP contribution < -0.4 is 9.47 Å². The number of rotatable bonds is 2. The maximum atomic E-state index is 11.8. The first-order chi connectivity index (χ1) is 18.0. The molecule has 6 rings (SSSR count). The molecule has 2 aliphatic rings. The molecule has 37 heavy (non-hydrogen) atoms. The molecule has 2 bridgehead atoms. The lowest BCUT2D eigenvalue weighted by molar-refractivity contribution is -0.0367. The molecule has 1 unspecified atom stereocenters. The van der Waals surface area contributed by atoms with Gasteiger partial charge in [0.15, 0.2) is 12.5 Å². The highest BCUT2D eigenvalue weighted by molar-refractivity contribution is 5.94. The number of carbonyl (C=O) groups is 1. The van der Waals surface area contributed by atoms with Gasteiger partial charge in [0.1, 0.15) is 11.8 Å². The summed E-state index contributed by atoms with van der Waals surface area (Å²) in [6.07, 6.45) is 9.85. The van der Waals surface area contributed by atoms with E-state index >= 15 is 0 Å². The van der Waals surface area contributed by atoms with E-state index in [-0.39, 0.29) is 12.3 Å². The molecule has 1 fully saturated rings. The van der Waals surface area contributed by atoms with Crippen LogP contribution in [0.5, 0.6) is 11.8 Å². The summed E-state index contributed by atoms with van der Waals surface area (Å²) in [5, 5.41) is 14.8. The van der Waals surface area contributed by atoms with Gasteiger partial charge < -0.3 is 14.2 Å². The first-order valence-corrected chi connectivity index (χ1v) is 12.7. The Balaban J connectivity index is 1.55. The van der Waals surface area contributed by atoms with Gasteiger partial charge in [0, 0.05) is 32.5 Å². The zero-order valence-corrected chi connectivity index (χ0v) is 21.3. The van der Waals surface area contributed by atoms with Crippen molar-refractivity contribution in [3.63, 3.8) is 0 Å². The summed E-state index contributed by atoms with van der Waals surface area (Å²) in [5.74, 6) is 1.23. The van der Waals surface area contributed by atoms with Gasteiger partial charge in [0.05, 0.1) is 35.1 Å². The number of carbonyl (C=O) groups excluding carboxylic acids is 1. The van der Waals surface area contributed by atoms with E-state index in [0.29, 0.717) is 36.0 Å². The Kier molecular flexibility index (Phi) is 6.03. The number of hydrogen-bond acceptors (Lipinski definition) is 7. The lowest BCUT2D eigenvalue weighted by Crippen LogP contribution is -2.19. The molecule has 0 radical (unpaired) electrons. The molecule has 10 heteroatoms. The molecule has 0 spiro atoms. The molecular formula is C27H30N6O4. The maximum absolute atomic E-state index is 11.8. The molecule has 2 aliphatic heterocycles. The smallest absolute Gasteiger partial charge is 0.219 e. The third kappa shape index (κ3) is 4.21. The molecule has 0 aliphatic carbocycles. The fraction of sp³-hybridized carbons (Fsp3) is 0.407. The molecule has 4 aromatic rings. The van der Waals surface area contributed by atoms with E-state index in [1.54, 1.807) is 16.4 Å². The van der Waals surface area contributed by atoms with Crippen molar-refractivity contribution in [2.75, 3.05) is 13.2 Å². The molecule has 0 amide bonds. The first kappa shape index (κ1) is 23.5. The van der Waals surface area contributed by atoms with Crippen LogP contribution in [0.1, 0.15) is 60.6 Å². The first-order valence-electron chi connectivity index (χ1n) is 12.7. The number of fused-ring (bicyclic) bond motifs is 4. The van der Waals surface area contributed by atoms with Crippen LogP contribution in [0.4, 0.5) is 0 Å². The summed E-state index contributed by atoms with van der Waals surface area (Å²) < 4.78 is 23.9. The second-order valence-corrected chi connectivity index (χ2v) is 9.61. The van der Waals surface area contributed by atoms with Crippen LogP contribution in [0.15, 0.2) is 24.4 Å². The molecule has 5 heterocycles. The third-order valence-electron chi connectivity index (χ3n) is 7.01. The molecule has 2 atom stereocenters. The molecule has 1 saturated heterocycles. The highest BCUT2D eigenvalue weighted by atomic mass is 16.5. The van der Waals surface area contributed by atoms with E-state index in [1.807, 2.05) is 37.0 Å². The molecule has 10 nitrogen and oxygen atoms in total. The molecule has 3 aromatic heterocycles. The average molecular weight is 503 g/mol. The normalized spacial score (nSPS) is 20.8. The lowest BCUT2D eigenvalue weighted by Gasteiger charge is -2.23. The van der Waals surface area contributed by atoms with Crippen molar-refractivity contribution in [2.24, 2.45) is 14.1 Å². The second kappa shape index (κ2) is 9.51. The summed E-state index contributed by atoms with van der Waals surface area (Å²) in [7, 11) is 3.65. The molecule has 0 N–H and O–H groups in total. The van der Waals surface area contributed by atoms with Crippen LogP contribution in [0, 0.1) is 0 Å². The van der Waals surface area contributed by atoms with Gasteiger partial charge in [-0.25, -0.2) is 14.0 Å². The van der Waals surface area contributed by atoms with Crippen molar-refractivity contribution in [3.05, 3.63) is 41.3 Å². The Bertz CT molecular complexity index is 1490. The van der Waals surface area contributed by atoms with Gasteiger partial charge in [0.2, 0.25) is 11.8 Å². The Hall–Kier alpha value is -3.92. The van der Waals surface area contributed by atoms with E-state index in [2.05, 4.69) is 28.4 Å². The minimum absolute atomic E-state index is 0.115. The number of ether oxygens (including phenoxy) is 3. The molecular weight excluding hydrogens is 472 g/mol. The fourth-order valence-electron chi connectivity index (χ4n) is 5.05. The Morgan fingerprint density at radius 2 is 1.92 bits per heavy atom. The zero-order chi connectivity index (χ0) is 25.5. The topological polar surface area (TPSA) is 98.2 Å². The van der Waals surface area contributed by atoms with Gasteiger partial charge in [0.25, 0.3) is 0 Å². The number of aryl methyl sites for hydroxylation is 2. The van der Waals surface area contributed by atoms with Gasteiger partial charge in [-0.05, 0) is 56.0 Å². The Morgan fingerprint density at radius 3 is 2.73 bits per heavy atom. The minimum Gasteiger partial charge on any atom is -0.477 e. The summed E-state index contributed by atoms with van der Waals surface area (Å²) >= 11 is 0. The average Bonchev–Trinajstić information content (AvgIpc) is 3.55. The highest BCUT2D eigenvalue weighted by Crippen LogP contribution is 2.36. The summed E-state index contributed by atoms with van der Waals surface area (Å²) in [6.45, 7) is 3.14. The van der Waals surface area contributed by atoms with Crippen LogP contribution >= 0.6 is 0 Å². The number of aromatic nitrogens is 6. The molecule has 1 aromatic carbocycles. The van der Waals surface area contributed by atoms with Crippen molar-refractivity contribution in [1.29, 1.82) is 0 Å². The lowest BCUT2D eigenvalue weighted by atomic mass is 10.0. The zero-order valence-electron chi connectivity index (χ0n) is 21.3. The summed E-state index contributed by atoms with van der Waals surface area (Å²) in [4.78, 5) is 11.8. The number of benzene rings is 1. The minimum atomic E-state index is -0.123.